The Morgan fingerprint density at radius 3 is 2.71 bits per heavy atom. The number of hydrogen-bond acceptors (Lipinski definition) is 3. The average molecular weight is 275 g/mol. The van der Waals surface area contributed by atoms with Gasteiger partial charge in [0.2, 0.25) is 0 Å². The lowest BCUT2D eigenvalue weighted by molar-refractivity contribution is -0.0117. The fourth-order valence-electron chi connectivity index (χ4n) is 1.88. The summed E-state index contributed by atoms with van der Waals surface area (Å²) >= 11 is 11.9. The molecule has 0 aliphatic carbocycles. The summed E-state index contributed by atoms with van der Waals surface area (Å²) in [5.74, 6) is 0. The van der Waals surface area contributed by atoms with Gasteiger partial charge >= 0.3 is 0 Å². The van der Waals surface area contributed by atoms with Gasteiger partial charge in [0.25, 0.3) is 0 Å². The van der Waals surface area contributed by atoms with Crippen LogP contribution in [0.3, 0.4) is 0 Å². The molecule has 0 amide bonds. The number of nitrogens with zero attached hydrogens (tertiary/aromatic N) is 1. The summed E-state index contributed by atoms with van der Waals surface area (Å²) in [4.78, 5) is 2.26. The highest BCUT2D eigenvalue weighted by Crippen LogP contribution is 2.22. The molecule has 0 radical (unpaired) electrons. The van der Waals surface area contributed by atoms with Crippen molar-refractivity contribution in [2.24, 2.45) is 0 Å². The Bertz CT molecular complexity index is 367. The number of rotatable bonds is 3. The van der Waals surface area contributed by atoms with Crippen molar-refractivity contribution in [1.82, 2.24) is 4.90 Å². The Kier molecular flexibility index (Phi) is 4.51. The van der Waals surface area contributed by atoms with Crippen LogP contribution < -0.4 is 5.32 Å². The number of nitrogens with one attached hydrogen (secondary N) is 1. The highest BCUT2D eigenvalue weighted by Gasteiger charge is 2.17. The lowest BCUT2D eigenvalue weighted by Gasteiger charge is -2.30. The molecule has 1 heterocycles. The molecule has 1 atom stereocenters. The minimum Gasteiger partial charge on any atom is -0.382 e. The predicted octanol–water partition coefficient (Wildman–Crippen LogP) is 2.74. The Morgan fingerprint density at radius 2 is 2.06 bits per heavy atom. The first kappa shape index (κ1) is 13.0. The molecule has 1 unspecified atom stereocenters. The smallest absolute Gasteiger partial charge is 0.0874 e. The number of halogens is 2. The van der Waals surface area contributed by atoms with Gasteiger partial charge in [0, 0.05) is 35.4 Å². The van der Waals surface area contributed by atoms with E-state index in [9.17, 15) is 0 Å². The minimum absolute atomic E-state index is 0.214. The second-order valence-corrected chi connectivity index (χ2v) is 5.17. The van der Waals surface area contributed by atoms with E-state index in [0.717, 1.165) is 31.9 Å². The van der Waals surface area contributed by atoms with Crippen LogP contribution in [0.5, 0.6) is 0 Å². The van der Waals surface area contributed by atoms with Gasteiger partial charge in [-0.15, -0.1) is 0 Å². The number of ether oxygens (including phenoxy) is 1. The second-order valence-electron chi connectivity index (χ2n) is 4.29. The van der Waals surface area contributed by atoms with E-state index >= 15 is 0 Å². The third-order valence-electron chi connectivity index (χ3n) is 2.74. The van der Waals surface area contributed by atoms with Crippen molar-refractivity contribution in [1.29, 1.82) is 0 Å². The summed E-state index contributed by atoms with van der Waals surface area (Å²) in [6.45, 7) is 3.50. The maximum absolute atomic E-state index is 5.93. The molecule has 5 heteroatoms. The zero-order valence-corrected chi connectivity index (χ0v) is 11.3. The Morgan fingerprint density at radius 1 is 1.35 bits per heavy atom. The Labute approximate surface area is 112 Å². The van der Waals surface area contributed by atoms with Crippen molar-refractivity contribution < 1.29 is 4.74 Å². The van der Waals surface area contributed by atoms with Gasteiger partial charge in [-0.05, 0) is 25.2 Å². The largest absolute Gasteiger partial charge is 0.382 e. The van der Waals surface area contributed by atoms with Gasteiger partial charge in [0.15, 0.2) is 0 Å². The highest BCUT2D eigenvalue weighted by molar-refractivity contribution is 6.35. The van der Waals surface area contributed by atoms with Gasteiger partial charge in [-0.25, -0.2) is 0 Å². The fraction of sp³-hybridized carbons (Fsp3) is 0.500. The highest BCUT2D eigenvalue weighted by atomic mass is 35.5. The van der Waals surface area contributed by atoms with E-state index in [4.69, 9.17) is 27.9 Å². The molecule has 0 spiro atoms. The maximum atomic E-state index is 5.93. The molecule has 1 aliphatic rings. The van der Waals surface area contributed by atoms with Crippen LogP contribution in [0.4, 0.5) is 5.69 Å². The summed E-state index contributed by atoms with van der Waals surface area (Å²) in [5, 5.41) is 4.58. The number of likely N-dealkylation sites (N-methyl/N-ethyl adjacent to an activating group) is 1. The zero-order valence-electron chi connectivity index (χ0n) is 9.75. The van der Waals surface area contributed by atoms with E-state index in [1.54, 1.807) is 6.07 Å². The summed E-state index contributed by atoms with van der Waals surface area (Å²) < 4.78 is 5.66. The normalized spacial score (nSPS) is 21.5. The number of hydrogen-bond donors (Lipinski definition) is 1. The average Bonchev–Trinajstić information content (AvgIpc) is 2.25. The number of anilines is 1. The lowest BCUT2D eigenvalue weighted by atomic mass is 10.2. The van der Waals surface area contributed by atoms with Crippen LogP contribution >= 0.6 is 23.2 Å². The summed E-state index contributed by atoms with van der Waals surface area (Å²) in [6.07, 6.45) is 0.214. The van der Waals surface area contributed by atoms with E-state index in [1.807, 2.05) is 12.1 Å². The molecule has 1 aromatic carbocycles. The van der Waals surface area contributed by atoms with E-state index in [0.29, 0.717) is 10.0 Å². The Balaban J connectivity index is 1.88. The standard InChI is InChI=1S/C12H16Cl2N2O/c1-16-2-3-17-12(8-16)7-15-11-5-9(13)4-10(14)6-11/h4-6,12,15H,2-3,7-8H2,1H3. The Hall–Kier alpha value is -0.480. The van der Waals surface area contributed by atoms with Crippen LogP contribution in [-0.4, -0.2) is 44.3 Å². The van der Waals surface area contributed by atoms with Gasteiger partial charge in [-0.2, -0.15) is 0 Å². The van der Waals surface area contributed by atoms with Gasteiger partial charge < -0.3 is 15.0 Å². The number of benzene rings is 1. The summed E-state index contributed by atoms with van der Waals surface area (Å²) in [5.41, 5.74) is 0.930. The fourth-order valence-corrected chi connectivity index (χ4v) is 2.40. The first-order chi connectivity index (χ1) is 8.13. The third-order valence-corrected chi connectivity index (χ3v) is 3.17. The van der Waals surface area contributed by atoms with E-state index in [2.05, 4.69) is 17.3 Å². The SMILES string of the molecule is CN1CCOC(CNc2cc(Cl)cc(Cl)c2)C1. The molecule has 1 aliphatic heterocycles. The summed E-state index contributed by atoms with van der Waals surface area (Å²) in [6, 6.07) is 5.44. The van der Waals surface area contributed by atoms with Crippen LogP contribution in [0.2, 0.25) is 10.0 Å². The molecule has 1 N–H and O–H groups in total. The van der Waals surface area contributed by atoms with Crippen LogP contribution in [0.25, 0.3) is 0 Å². The first-order valence-corrected chi connectivity index (χ1v) is 6.39. The van der Waals surface area contributed by atoms with Crippen molar-refractivity contribution in [3.8, 4) is 0 Å². The quantitative estimate of drug-likeness (QED) is 0.918. The lowest BCUT2D eigenvalue weighted by Crippen LogP contribution is -2.43. The van der Waals surface area contributed by atoms with Gasteiger partial charge in [0.1, 0.15) is 0 Å². The molecule has 0 bridgehead atoms. The van der Waals surface area contributed by atoms with Crippen molar-refractivity contribution in [2.45, 2.75) is 6.10 Å². The molecule has 1 saturated heterocycles. The molecular weight excluding hydrogens is 259 g/mol. The van der Waals surface area contributed by atoms with Crippen LogP contribution in [0.1, 0.15) is 0 Å². The molecule has 0 saturated carbocycles. The van der Waals surface area contributed by atoms with Crippen molar-refractivity contribution >= 4 is 28.9 Å². The zero-order chi connectivity index (χ0) is 12.3. The minimum atomic E-state index is 0.214. The van der Waals surface area contributed by atoms with Crippen molar-refractivity contribution in [2.75, 3.05) is 38.6 Å². The summed E-state index contributed by atoms with van der Waals surface area (Å²) in [7, 11) is 2.10. The molecule has 0 aromatic heterocycles. The molecule has 1 fully saturated rings. The van der Waals surface area contributed by atoms with Crippen LogP contribution in [0, 0.1) is 0 Å². The molecule has 94 valence electrons. The number of morpholine rings is 1. The third kappa shape index (κ3) is 4.03. The molecule has 1 aromatic rings. The van der Waals surface area contributed by atoms with Crippen LogP contribution in [-0.2, 0) is 4.74 Å². The van der Waals surface area contributed by atoms with Gasteiger partial charge in [0.05, 0.1) is 12.7 Å². The van der Waals surface area contributed by atoms with Crippen LogP contribution in [0.15, 0.2) is 18.2 Å². The van der Waals surface area contributed by atoms with E-state index in [-0.39, 0.29) is 6.10 Å². The second kappa shape index (κ2) is 5.91. The molecule has 17 heavy (non-hydrogen) atoms. The molecule has 2 rings (SSSR count). The monoisotopic (exact) mass is 274 g/mol. The topological polar surface area (TPSA) is 24.5 Å². The van der Waals surface area contributed by atoms with Crippen molar-refractivity contribution in [3.05, 3.63) is 28.2 Å². The molecule has 3 nitrogen and oxygen atoms in total. The molecular formula is C12H16Cl2N2O. The predicted molar refractivity (Wildman–Crippen MR) is 72.2 cm³/mol. The van der Waals surface area contributed by atoms with E-state index < -0.39 is 0 Å². The maximum Gasteiger partial charge on any atom is 0.0874 e. The van der Waals surface area contributed by atoms with Gasteiger partial charge in [-0.1, -0.05) is 23.2 Å². The van der Waals surface area contributed by atoms with Gasteiger partial charge in [-0.3, -0.25) is 0 Å². The van der Waals surface area contributed by atoms with E-state index in [1.165, 1.54) is 0 Å². The first-order valence-electron chi connectivity index (χ1n) is 5.63. The van der Waals surface area contributed by atoms with Crippen molar-refractivity contribution in [3.63, 3.8) is 0 Å².